The van der Waals surface area contributed by atoms with Gasteiger partial charge in [0.15, 0.2) is 5.75 Å². The summed E-state index contributed by atoms with van der Waals surface area (Å²) in [5, 5.41) is 7.24. The number of aromatic nitrogens is 1. The van der Waals surface area contributed by atoms with Crippen molar-refractivity contribution in [2.45, 2.75) is 66.0 Å². The molecule has 1 saturated heterocycles. The third kappa shape index (κ3) is 6.35. The van der Waals surface area contributed by atoms with Gasteiger partial charge in [0.05, 0.1) is 18.5 Å². The minimum Gasteiger partial charge on any atom is -0.491 e. The minimum atomic E-state index is 0.553. The molecule has 1 aliphatic heterocycles. The number of nitrogens with one attached hydrogen (secondary N) is 2. The van der Waals surface area contributed by atoms with Gasteiger partial charge in [0.25, 0.3) is 0 Å². The van der Waals surface area contributed by atoms with Crippen LogP contribution in [0.15, 0.2) is 48.8 Å². The molecule has 1 unspecified atom stereocenters. The Kier molecular flexibility index (Phi) is 7.66. The molecule has 2 aromatic carbocycles. The summed E-state index contributed by atoms with van der Waals surface area (Å²) in [7, 11) is 0. The Morgan fingerprint density at radius 2 is 1.61 bits per heavy atom. The molecule has 3 aromatic rings. The Morgan fingerprint density at radius 3 is 2.27 bits per heavy atom. The zero-order chi connectivity index (χ0) is 23.2. The molecule has 4 heteroatoms. The fourth-order valence-corrected chi connectivity index (χ4v) is 4.91. The molecule has 2 N–H and O–H groups in total. The second-order valence-corrected chi connectivity index (χ2v) is 9.57. The molecule has 0 bridgehead atoms. The van der Waals surface area contributed by atoms with Gasteiger partial charge in [0.1, 0.15) is 0 Å². The van der Waals surface area contributed by atoms with Gasteiger partial charge in [-0.2, -0.15) is 0 Å². The highest BCUT2D eigenvalue weighted by Gasteiger charge is 2.16. The van der Waals surface area contributed by atoms with E-state index in [2.05, 4.69) is 79.7 Å². The van der Waals surface area contributed by atoms with E-state index >= 15 is 0 Å². The molecule has 0 amide bonds. The highest BCUT2D eigenvalue weighted by Crippen LogP contribution is 2.37. The maximum atomic E-state index is 6.50. The summed E-state index contributed by atoms with van der Waals surface area (Å²) in [5.74, 6) is 0.898. The van der Waals surface area contributed by atoms with Crippen LogP contribution in [0.25, 0.3) is 11.1 Å². The second kappa shape index (κ2) is 10.8. The molecule has 0 aliphatic carbocycles. The summed E-state index contributed by atoms with van der Waals surface area (Å²) < 4.78 is 6.50. The maximum Gasteiger partial charge on any atom is 0.153 e. The Labute approximate surface area is 198 Å². The van der Waals surface area contributed by atoms with E-state index in [0.29, 0.717) is 12.6 Å². The van der Waals surface area contributed by atoms with Gasteiger partial charge in [-0.15, -0.1) is 0 Å². The van der Waals surface area contributed by atoms with Gasteiger partial charge in [-0.1, -0.05) is 65.1 Å². The van der Waals surface area contributed by atoms with Crippen LogP contribution in [0.3, 0.4) is 0 Å². The van der Waals surface area contributed by atoms with Crippen LogP contribution in [-0.2, 0) is 6.54 Å². The van der Waals surface area contributed by atoms with Crippen molar-refractivity contribution in [1.29, 1.82) is 0 Å². The van der Waals surface area contributed by atoms with Crippen LogP contribution in [0.2, 0.25) is 0 Å². The Hall–Kier alpha value is -2.85. The summed E-state index contributed by atoms with van der Waals surface area (Å²) in [4.78, 5) is 4.57. The molecular weight excluding hydrogens is 406 g/mol. The third-order valence-corrected chi connectivity index (χ3v) is 6.32. The zero-order valence-electron chi connectivity index (χ0n) is 20.5. The largest absolute Gasteiger partial charge is 0.491 e. The Bertz CT molecular complexity index is 1050. The molecule has 0 radical (unpaired) electrons. The van der Waals surface area contributed by atoms with E-state index in [1.165, 1.54) is 47.1 Å². The average molecular weight is 444 g/mol. The number of rotatable bonds is 8. The van der Waals surface area contributed by atoms with Gasteiger partial charge < -0.3 is 15.4 Å². The lowest BCUT2D eigenvalue weighted by Crippen LogP contribution is -2.35. The van der Waals surface area contributed by atoms with E-state index in [9.17, 15) is 0 Å². The molecule has 33 heavy (non-hydrogen) atoms. The van der Waals surface area contributed by atoms with Gasteiger partial charge in [-0.3, -0.25) is 4.98 Å². The first-order valence-corrected chi connectivity index (χ1v) is 12.2. The van der Waals surface area contributed by atoms with Crippen molar-refractivity contribution in [3.8, 4) is 16.9 Å². The fraction of sp³-hybridized carbons (Fsp3) is 0.414. The van der Waals surface area contributed by atoms with Gasteiger partial charge in [0, 0.05) is 24.3 Å². The predicted molar refractivity (Wildman–Crippen MR) is 138 cm³/mol. The first kappa shape index (κ1) is 23.3. The van der Waals surface area contributed by atoms with Crippen molar-refractivity contribution in [3.63, 3.8) is 0 Å². The third-order valence-electron chi connectivity index (χ3n) is 6.32. The van der Waals surface area contributed by atoms with Gasteiger partial charge in [-0.25, -0.2) is 0 Å². The summed E-state index contributed by atoms with van der Waals surface area (Å²) in [6.45, 7) is 11.1. The van der Waals surface area contributed by atoms with Crippen LogP contribution in [0, 0.1) is 27.7 Å². The van der Waals surface area contributed by atoms with Crippen molar-refractivity contribution < 1.29 is 4.74 Å². The van der Waals surface area contributed by atoms with Crippen LogP contribution in [0.4, 0.5) is 5.69 Å². The van der Waals surface area contributed by atoms with E-state index in [1.807, 2.05) is 12.4 Å². The van der Waals surface area contributed by atoms with Crippen molar-refractivity contribution >= 4 is 5.69 Å². The van der Waals surface area contributed by atoms with Gasteiger partial charge in [0.2, 0.25) is 0 Å². The van der Waals surface area contributed by atoms with Crippen LogP contribution >= 0.6 is 0 Å². The first-order chi connectivity index (χ1) is 16.0. The summed E-state index contributed by atoms with van der Waals surface area (Å²) in [6.07, 6.45) is 8.68. The molecule has 1 aromatic heterocycles. The molecule has 2 heterocycles. The molecule has 0 spiro atoms. The topological polar surface area (TPSA) is 46.2 Å². The lowest BCUT2D eigenvalue weighted by Gasteiger charge is -2.24. The van der Waals surface area contributed by atoms with Crippen molar-refractivity contribution in [2.75, 3.05) is 18.5 Å². The molecule has 1 atom stereocenters. The molecule has 1 fully saturated rings. The van der Waals surface area contributed by atoms with E-state index in [1.54, 1.807) is 0 Å². The Balaban J connectivity index is 1.59. The van der Waals surface area contributed by atoms with Crippen molar-refractivity contribution in [2.24, 2.45) is 0 Å². The molecule has 0 saturated carbocycles. The zero-order valence-corrected chi connectivity index (χ0v) is 20.5. The number of ether oxygens (including phenoxy) is 1. The molecule has 1 aliphatic rings. The van der Waals surface area contributed by atoms with Crippen LogP contribution in [-0.4, -0.2) is 24.2 Å². The smallest absolute Gasteiger partial charge is 0.153 e. The number of anilines is 1. The predicted octanol–water partition coefficient (Wildman–Crippen LogP) is 6.51. The second-order valence-electron chi connectivity index (χ2n) is 9.57. The van der Waals surface area contributed by atoms with Crippen molar-refractivity contribution in [1.82, 2.24) is 10.3 Å². The van der Waals surface area contributed by atoms with Crippen molar-refractivity contribution in [3.05, 3.63) is 76.6 Å². The molecule has 174 valence electrons. The summed E-state index contributed by atoms with van der Waals surface area (Å²) in [5.41, 5.74) is 9.47. The van der Waals surface area contributed by atoms with Gasteiger partial charge in [-0.05, 0) is 64.6 Å². The number of benzene rings is 2. The Morgan fingerprint density at radius 1 is 0.909 bits per heavy atom. The highest BCUT2D eigenvalue weighted by atomic mass is 16.5. The van der Waals surface area contributed by atoms with E-state index < -0.39 is 0 Å². The molecule has 4 rings (SSSR count). The SMILES string of the molecule is Cc1cc(C)cc(CNc2cncc(-c3cc(C)cc(C)c3)c2OCCC2CCCCN2)c1. The lowest BCUT2D eigenvalue weighted by atomic mass is 10.0. The number of pyridine rings is 1. The lowest BCUT2D eigenvalue weighted by molar-refractivity contribution is 0.269. The fourth-order valence-electron chi connectivity index (χ4n) is 4.91. The quantitative estimate of drug-likeness (QED) is 0.417. The molecule has 4 nitrogen and oxygen atoms in total. The molecular formula is C29H37N3O. The first-order valence-electron chi connectivity index (χ1n) is 12.2. The van der Waals surface area contributed by atoms with Gasteiger partial charge >= 0.3 is 0 Å². The number of nitrogens with zero attached hydrogens (tertiary/aromatic N) is 1. The van der Waals surface area contributed by atoms with E-state index in [-0.39, 0.29) is 0 Å². The van der Waals surface area contributed by atoms with Crippen LogP contribution < -0.4 is 15.4 Å². The van der Waals surface area contributed by atoms with Crippen LogP contribution in [0.5, 0.6) is 5.75 Å². The number of hydrogen-bond acceptors (Lipinski definition) is 4. The monoisotopic (exact) mass is 443 g/mol. The number of aryl methyl sites for hydroxylation is 4. The normalized spacial score (nSPS) is 15.9. The maximum absolute atomic E-state index is 6.50. The number of piperidine rings is 1. The summed E-state index contributed by atoms with van der Waals surface area (Å²) in [6, 6.07) is 13.9. The van der Waals surface area contributed by atoms with E-state index in [4.69, 9.17) is 4.74 Å². The average Bonchev–Trinajstić information content (AvgIpc) is 2.77. The minimum absolute atomic E-state index is 0.553. The van der Waals surface area contributed by atoms with Crippen LogP contribution in [0.1, 0.15) is 53.5 Å². The number of hydrogen-bond donors (Lipinski definition) is 2. The standard InChI is InChI=1S/C29H37N3O/c1-20-11-21(2)14-24(13-20)17-32-28-19-30-18-27(25-15-22(3)12-23(4)16-25)29(28)33-10-8-26-7-5-6-9-31-26/h11-16,18-19,26,31-32H,5-10,17H2,1-4H3. The summed E-state index contributed by atoms with van der Waals surface area (Å²) >= 11 is 0. The highest BCUT2D eigenvalue weighted by molar-refractivity contribution is 5.77. The van der Waals surface area contributed by atoms with E-state index in [0.717, 1.165) is 42.1 Å².